The minimum atomic E-state index is -0.739. The first-order chi connectivity index (χ1) is 6.70. The lowest BCUT2D eigenvalue weighted by atomic mass is 9.93. The number of rotatable bonds is 4. The predicted octanol–water partition coefficient (Wildman–Crippen LogP) is 0.132. The van der Waals surface area contributed by atoms with Gasteiger partial charge in [-0.1, -0.05) is 6.92 Å². The van der Waals surface area contributed by atoms with Crippen LogP contribution < -0.4 is 0 Å². The van der Waals surface area contributed by atoms with Gasteiger partial charge in [-0.05, 0) is 19.3 Å². The average Bonchev–Trinajstić information content (AvgIpc) is 2.24. The van der Waals surface area contributed by atoms with Crippen LogP contribution in [0.4, 0.5) is 0 Å². The first-order valence-corrected chi connectivity index (χ1v) is 5.22. The molecule has 0 aromatic heterocycles. The van der Waals surface area contributed by atoms with Gasteiger partial charge in [0.2, 0.25) is 5.91 Å². The van der Waals surface area contributed by atoms with Crippen LogP contribution in [0.2, 0.25) is 0 Å². The smallest absolute Gasteiger partial charge is 0.223 e. The summed E-state index contributed by atoms with van der Waals surface area (Å²) in [6.07, 6.45) is 3.02. The van der Waals surface area contributed by atoms with E-state index in [1.165, 1.54) is 0 Å². The van der Waals surface area contributed by atoms with Crippen molar-refractivity contribution in [3.63, 3.8) is 0 Å². The van der Waals surface area contributed by atoms with Gasteiger partial charge in [-0.25, -0.2) is 0 Å². The number of piperidine rings is 1. The zero-order valence-corrected chi connectivity index (χ0v) is 8.70. The molecule has 0 aromatic rings. The van der Waals surface area contributed by atoms with Crippen molar-refractivity contribution in [2.75, 3.05) is 19.8 Å². The maximum atomic E-state index is 11.6. The summed E-state index contributed by atoms with van der Waals surface area (Å²) < 4.78 is 0. The topological polar surface area (TPSA) is 60.8 Å². The van der Waals surface area contributed by atoms with E-state index in [1.54, 1.807) is 4.90 Å². The van der Waals surface area contributed by atoms with Crippen LogP contribution in [0.15, 0.2) is 0 Å². The Labute approximate surface area is 84.5 Å². The summed E-state index contributed by atoms with van der Waals surface area (Å²) in [5.74, 6) is 0.0567. The summed E-state index contributed by atoms with van der Waals surface area (Å²) in [5, 5.41) is 18.6. The molecule has 1 heterocycles. The summed E-state index contributed by atoms with van der Waals surface area (Å²) in [4.78, 5) is 13.3. The Morgan fingerprint density at radius 1 is 1.36 bits per heavy atom. The second-order valence-corrected chi connectivity index (χ2v) is 3.90. The van der Waals surface area contributed by atoms with Crippen molar-refractivity contribution in [2.24, 2.45) is 0 Å². The monoisotopic (exact) mass is 201 g/mol. The second-order valence-electron chi connectivity index (χ2n) is 3.90. The molecular formula is C10H19NO3. The number of carbonyl (C=O) groups excluding carboxylic acids is 1. The van der Waals surface area contributed by atoms with Crippen molar-refractivity contribution in [2.45, 2.75) is 38.1 Å². The number of aliphatic hydroxyl groups is 2. The zero-order chi connectivity index (χ0) is 10.6. The molecule has 1 aliphatic rings. The quantitative estimate of drug-likeness (QED) is 0.679. The Hall–Kier alpha value is -0.610. The minimum Gasteiger partial charge on any atom is -0.394 e. The molecule has 1 aliphatic heterocycles. The first kappa shape index (κ1) is 11.5. The van der Waals surface area contributed by atoms with Gasteiger partial charge < -0.3 is 15.1 Å². The van der Waals surface area contributed by atoms with E-state index < -0.39 is 5.54 Å². The van der Waals surface area contributed by atoms with Gasteiger partial charge in [0.1, 0.15) is 0 Å². The Balaban J connectivity index is 2.79. The first-order valence-electron chi connectivity index (χ1n) is 5.22. The van der Waals surface area contributed by atoms with Crippen molar-refractivity contribution in [1.29, 1.82) is 0 Å². The van der Waals surface area contributed by atoms with E-state index in [4.69, 9.17) is 0 Å². The van der Waals surface area contributed by atoms with E-state index in [9.17, 15) is 15.0 Å². The molecule has 0 atom stereocenters. The van der Waals surface area contributed by atoms with Crippen LogP contribution >= 0.6 is 0 Å². The fourth-order valence-corrected chi connectivity index (χ4v) is 1.94. The van der Waals surface area contributed by atoms with Crippen LogP contribution in [-0.4, -0.2) is 46.3 Å². The summed E-state index contributed by atoms with van der Waals surface area (Å²) in [6, 6.07) is 0. The molecule has 0 aliphatic carbocycles. The molecule has 1 saturated heterocycles. The number of amides is 1. The largest absolute Gasteiger partial charge is 0.394 e. The van der Waals surface area contributed by atoms with Crippen molar-refractivity contribution < 1.29 is 15.0 Å². The van der Waals surface area contributed by atoms with E-state index in [0.29, 0.717) is 19.4 Å². The van der Waals surface area contributed by atoms with Gasteiger partial charge in [0.25, 0.3) is 0 Å². The fraction of sp³-hybridized carbons (Fsp3) is 0.900. The molecule has 1 fully saturated rings. The maximum Gasteiger partial charge on any atom is 0.223 e. The molecule has 14 heavy (non-hydrogen) atoms. The number of aliphatic hydroxyl groups excluding tert-OH is 2. The number of hydrogen-bond acceptors (Lipinski definition) is 3. The highest BCUT2D eigenvalue weighted by Gasteiger charge is 2.37. The Bertz CT molecular complexity index is 193. The average molecular weight is 201 g/mol. The van der Waals surface area contributed by atoms with Crippen LogP contribution in [0, 0.1) is 0 Å². The van der Waals surface area contributed by atoms with E-state index >= 15 is 0 Å². The van der Waals surface area contributed by atoms with Gasteiger partial charge in [-0.3, -0.25) is 4.79 Å². The molecule has 0 saturated carbocycles. The van der Waals surface area contributed by atoms with Gasteiger partial charge in [0, 0.05) is 13.0 Å². The summed E-state index contributed by atoms with van der Waals surface area (Å²) in [7, 11) is 0. The number of carbonyl (C=O) groups is 1. The molecule has 1 amide bonds. The highest BCUT2D eigenvalue weighted by Crippen LogP contribution is 2.24. The van der Waals surface area contributed by atoms with Crippen LogP contribution in [0.25, 0.3) is 0 Å². The minimum absolute atomic E-state index is 0.0567. The molecular weight excluding hydrogens is 182 g/mol. The SMILES string of the molecule is CCC(CO)(CO)N1CCCCC1=O. The van der Waals surface area contributed by atoms with Crippen LogP contribution in [-0.2, 0) is 4.79 Å². The van der Waals surface area contributed by atoms with Gasteiger partial charge in [0.15, 0.2) is 0 Å². The molecule has 0 spiro atoms. The van der Waals surface area contributed by atoms with E-state index in [2.05, 4.69) is 0 Å². The van der Waals surface area contributed by atoms with Gasteiger partial charge >= 0.3 is 0 Å². The van der Waals surface area contributed by atoms with Crippen LogP contribution in [0.5, 0.6) is 0 Å². The standard InChI is InChI=1S/C10H19NO3/c1-2-10(7-12,8-13)11-6-4-3-5-9(11)14/h12-13H,2-8H2,1H3. The molecule has 0 bridgehead atoms. The third-order valence-corrected chi connectivity index (χ3v) is 3.14. The van der Waals surface area contributed by atoms with Gasteiger partial charge in [-0.2, -0.15) is 0 Å². The zero-order valence-electron chi connectivity index (χ0n) is 8.70. The Kier molecular flexibility index (Phi) is 3.89. The number of nitrogens with zero attached hydrogens (tertiary/aromatic N) is 1. The van der Waals surface area contributed by atoms with Crippen molar-refractivity contribution in [1.82, 2.24) is 4.90 Å². The molecule has 0 unspecified atom stereocenters. The Morgan fingerprint density at radius 2 is 2.00 bits per heavy atom. The van der Waals surface area contributed by atoms with E-state index in [-0.39, 0.29) is 19.1 Å². The normalized spacial score (nSPS) is 18.8. The van der Waals surface area contributed by atoms with E-state index in [1.807, 2.05) is 6.92 Å². The lowest BCUT2D eigenvalue weighted by molar-refractivity contribution is -0.145. The third kappa shape index (κ3) is 1.91. The van der Waals surface area contributed by atoms with Crippen molar-refractivity contribution in [3.8, 4) is 0 Å². The molecule has 4 nitrogen and oxygen atoms in total. The van der Waals surface area contributed by atoms with Crippen molar-refractivity contribution in [3.05, 3.63) is 0 Å². The predicted molar refractivity (Wildman–Crippen MR) is 52.8 cm³/mol. The van der Waals surface area contributed by atoms with Crippen molar-refractivity contribution >= 4 is 5.91 Å². The lowest BCUT2D eigenvalue weighted by Crippen LogP contribution is -2.58. The van der Waals surface area contributed by atoms with Gasteiger partial charge in [-0.15, -0.1) is 0 Å². The molecule has 0 aromatic carbocycles. The Morgan fingerprint density at radius 3 is 2.43 bits per heavy atom. The summed E-state index contributed by atoms with van der Waals surface area (Å²) in [6.45, 7) is 2.22. The fourth-order valence-electron chi connectivity index (χ4n) is 1.94. The summed E-state index contributed by atoms with van der Waals surface area (Å²) >= 11 is 0. The van der Waals surface area contributed by atoms with E-state index in [0.717, 1.165) is 12.8 Å². The number of hydrogen-bond donors (Lipinski definition) is 2. The second kappa shape index (κ2) is 4.75. The van der Waals surface area contributed by atoms with Gasteiger partial charge in [0.05, 0.1) is 18.8 Å². The molecule has 0 radical (unpaired) electrons. The highest BCUT2D eigenvalue weighted by atomic mass is 16.3. The lowest BCUT2D eigenvalue weighted by Gasteiger charge is -2.43. The summed E-state index contributed by atoms with van der Waals surface area (Å²) in [5.41, 5.74) is -0.739. The molecule has 2 N–H and O–H groups in total. The molecule has 4 heteroatoms. The third-order valence-electron chi connectivity index (χ3n) is 3.14. The molecule has 1 rings (SSSR count). The van der Waals surface area contributed by atoms with Crippen LogP contribution in [0.3, 0.4) is 0 Å². The highest BCUT2D eigenvalue weighted by molar-refractivity contribution is 5.77. The number of likely N-dealkylation sites (tertiary alicyclic amines) is 1. The maximum absolute atomic E-state index is 11.6. The molecule has 82 valence electrons. The van der Waals surface area contributed by atoms with Crippen LogP contribution in [0.1, 0.15) is 32.6 Å².